The van der Waals surface area contributed by atoms with Crippen molar-refractivity contribution in [3.8, 4) is 44.5 Å². The molecule has 1 aliphatic carbocycles. The summed E-state index contributed by atoms with van der Waals surface area (Å²) < 4.78 is 0. The molecule has 11 rings (SSSR count). The van der Waals surface area contributed by atoms with E-state index in [1.165, 1.54) is 77.5 Å². The topological polar surface area (TPSA) is 3.24 Å². The number of hydrogen-bond donors (Lipinski definition) is 0. The van der Waals surface area contributed by atoms with Gasteiger partial charge >= 0.3 is 0 Å². The molecular weight excluding hydrogens is 723 g/mol. The van der Waals surface area contributed by atoms with Crippen LogP contribution in [0.5, 0.6) is 0 Å². The Morgan fingerprint density at radius 1 is 0.267 bits per heavy atom. The van der Waals surface area contributed by atoms with E-state index in [0.29, 0.717) is 0 Å². The molecule has 10 aromatic carbocycles. The first-order valence-electron chi connectivity index (χ1n) is 20.8. The maximum atomic E-state index is 2.42. The summed E-state index contributed by atoms with van der Waals surface area (Å²) in [5.41, 5.74) is 17.7. The molecule has 0 amide bonds. The fourth-order valence-corrected chi connectivity index (χ4v) is 9.58. The van der Waals surface area contributed by atoms with Crippen molar-refractivity contribution in [1.29, 1.82) is 0 Å². The van der Waals surface area contributed by atoms with Crippen LogP contribution in [0.1, 0.15) is 22.3 Å². The minimum Gasteiger partial charge on any atom is -0.310 e. The van der Waals surface area contributed by atoms with E-state index in [1.54, 1.807) is 0 Å². The molecule has 1 nitrogen and oxygen atoms in total. The van der Waals surface area contributed by atoms with Gasteiger partial charge in [-0.25, -0.2) is 0 Å². The van der Waals surface area contributed by atoms with Crippen molar-refractivity contribution in [2.45, 2.75) is 5.41 Å². The normalized spacial score (nSPS) is 14.1. The smallest absolute Gasteiger partial charge is 0.0713 e. The Morgan fingerprint density at radius 2 is 0.717 bits per heavy atom. The van der Waals surface area contributed by atoms with E-state index in [-0.39, 0.29) is 0 Å². The molecule has 0 bridgehead atoms. The van der Waals surface area contributed by atoms with Gasteiger partial charge in [-0.15, -0.1) is 0 Å². The van der Waals surface area contributed by atoms with E-state index in [4.69, 9.17) is 0 Å². The summed E-state index contributed by atoms with van der Waals surface area (Å²) >= 11 is 0. The lowest BCUT2D eigenvalue weighted by Crippen LogP contribution is -2.28. The second-order valence-electron chi connectivity index (χ2n) is 15.7. The highest BCUT2D eigenvalue weighted by Gasteiger charge is 2.46. The highest BCUT2D eigenvalue weighted by Crippen LogP contribution is 2.57. The van der Waals surface area contributed by atoms with Crippen LogP contribution in [0, 0.1) is 0 Å². The van der Waals surface area contributed by atoms with E-state index in [1.807, 2.05) is 0 Å². The second kappa shape index (κ2) is 14.9. The van der Waals surface area contributed by atoms with Gasteiger partial charge in [-0.05, 0) is 114 Å². The summed E-state index contributed by atoms with van der Waals surface area (Å²) in [6.45, 7) is 0. The van der Waals surface area contributed by atoms with Crippen LogP contribution in [0.2, 0.25) is 0 Å². The maximum absolute atomic E-state index is 2.42. The third-order valence-corrected chi connectivity index (χ3v) is 12.4. The zero-order chi connectivity index (χ0) is 39.9. The quantitative estimate of drug-likeness (QED) is 0.149. The third kappa shape index (κ3) is 5.94. The van der Waals surface area contributed by atoms with E-state index in [9.17, 15) is 0 Å². The summed E-state index contributed by atoms with van der Waals surface area (Å²) in [5.74, 6) is 0. The van der Waals surface area contributed by atoms with Gasteiger partial charge in [0.2, 0.25) is 0 Å². The molecule has 0 radical (unpaired) electrons. The standard InChI is InChI=1S/C59H41N/c1-4-15-42(16-5-1)44-27-33-49(34-28-44)59(48-21-8-3-9-22-48)57-26-13-12-24-55(57)56-41-52(39-40-58(56)59)60(50-35-29-45(30-36-50)43-17-6-2-7-18-43)51-37-31-47(32-38-51)54-25-14-20-46-19-10-11-23-53(46)54/h1-41H. The van der Waals surface area contributed by atoms with E-state index < -0.39 is 5.41 Å². The van der Waals surface area contributed by atoms with Gasteiger partial charge in [-0.2, -0.15) is 0 Å². The largest absolute Gasteiger partial charge is 0.310 e. The van der Waals surface area contributed by atoms with E-state index >= 15 is 0 Å². The zero-order valence-corrected chi connectivity index (χ0v) is 33.1. The molecular formula is C59H41N. The highest BCUT2D eigenvalue weighted by molar-refractivity contribution is 5.97. The van der Waals surface area contributed by atoms with Crippen molar-refractivity contribution >= 4 is 27.8 Å². The minimum atomic E-state index is -0.497. The lowest BCUT2D eigenvalue weighted by Gasteiger charge is -2.34. The van der Waals surface area contributed by atoms with Crippen LogP contribution in [0.25, 0.3) is 55.3 Å². The van der Waals surface area contributed by atoms with Crippen molar-refractivity contribution in [2.75, 3.05) is 4.90 Å². The SMILES string of the molecule is c1ccc(-c2ccc(N(c3ccc(-c4cccc5ccccc45)cc3)c3ccc4c(c3)-c3ccccc3C4(c3ccccc3)c3ccc(-c4ccccc4)cc3)cc2)cc1. The summed E-state index contributed by atoms with van der Waals surface area (Å²) in [6, 6.07) is 91.0. The Morgan fingerprint density at radius 3 is 1.38 bits per heavy atom. The van der Waals surface area contributed by atoms with Gasteiger partial charge in [-0.3, -0.25) is 0 Å². The monoisotopic (exact) mass is 763 g/mol. The van der Waals surface area contributed by atoms with Crippen LogP contribution in [0.3, 0.4) is 0 Å². The molecule has 0 aromatic heterocycles. The highest BCUT2D eigenvalue weighted by atomic mass is 15.1. The van der Waals surface area contributed by atoms with Gasteiger partial charge in [0.1, 0.15) is 0 Å². The molecule has 60 heavy (non-hydrogen) atoms. The number of hydrogen-bond acceptors (Lipinski definition) is 1. The van der Waals surface area contributed by atoms with Crippen molar-refractivity contribution in [3.05, 3.63) is 271 Å². The van der Waals surface area contributed by atoms with Gasteiger partial charge < -0.3 is 4.90 Å². The maximum Gasteiger partial charge on any atom is 0.0713 e. The molecule has 1 aliphatic rings. The van der Waals surface area contributed by atoms with Gasteiger partial charge in [0.05, 0.1) is 5.41 Å². The van der Waals surface area contributed by atoms with Crippen LogP contribution < -0.4 is 4.90 Å². The molecule has 0 aliphatic heterocycles. The molecule has 0 spiro atoms. The first-order valence-corrected chi connectivity index (χ1v) is 20.8. The minimum absolute atomic E-state index is 0.497. The average molecular weight is 764 g/mol. The molecule has 0 N–H and O–H groups in total. The van der Waals surface area contributed by atoms with Gasteiger partial charge in [0.25, 0.3) is 0 Å². The summed E-state index contributed by atoms with van der Waals surface area (Å²) in [5, 5.41) is 2.51. The first kappa shape index (κ1) is 35.4. The Hall–Kier alpha value is -7.74. The predicted molar refractivity (Wildman–Crippen MR) is 252 cm³/mol. The molecule has 1 atom stereocenters. The number of nitrogens with zero attached hydrogens (tertiary/aromatic N) is 1. The van der Waals surface area contributed by atoms with Gasteiger partial charge in [0.15, 0.2) is 0 Å². The van der Waals surface area contributed by atoms with Crippen molar-refractivity contribution in [2.24, 2.45) is 0 Å². The lowest BCUT2D eigenvalue weighted by molar-refractivity contribution is 0.768. The average Bonchev–Trinajstić information content (AvgIpc) is 3.63. The molecule has 10 aromatic rings. The Kier molecular flexibility index (Phi) is 8.79. The predicted octanol–water partition coefficient (Wildman–Crippen LogP) is 15.7. The van der Waals surface area contributed by atoms with Crippen LogP contribution in [-0.4, -0.2) is 0 Å². The third-order valence-electron chi connectivity index (χ3n) is 12.4. The molecule has 0 heterocycles. The molecule has 282 valence electrons. The summed E-state index contributed by atoms with van der Waals surface area (Å²) in [4.78, 5) is 2.40. The van der Waals surface area contributed by atoms with E-state index in [2.05, 4.69) is 254 Å². The summed E-state index contributed by atoms with van der Waals surface area (Å²) in [6.07, 6.45) is 0. The van der Waals surface area contributed by atoms with Crippen LogP contribution in [-0.2, 0) is 5.41 Å². The fourth-order valence-electron chi connectivity index (χ4n) is 9.58. The molecule has 0 saturated heterocycles. The molecule has 1 heteroatoms. The first-order chi connectivity index (χ1) is 29.8. The fraction of sp³-hybridized carbons (Fsp3) is 0.0169. The Balaban J connectivity index is 1.08. The molecule has 1 unspecified atom stereocenters. The van der Waals surface area contributed by atoms with Crippen LogP contribution >= 0.6 is 0 Å². The number of fused-ring (bicyclic) bond motifs is 4. The lowest BCUT2D eigenvalue weighted by atomic mass is 9.67. The number of anilines is 3. The number of benzene rings is 10. The zero-order valence-electron chi connectivity index (χ0n) is 33.1. The second-order valence-corrected chi connectivity index (χ2v) is 15.7. The summed E-state index contributed by atoms with van der Waals surface area (Å²) in [7, 11) is 0. The molecule has 0 fully saturated rings. The van der Waals surface area contributed by atoms with Crippen molar-refractivity contribution in [1.82, 2.24) is 0 Å². The van der Waals surface area contributed by atoms with Crippen LogP contribution in [0.4, 0.5) is 17.1 Å². The van der Waals surface area contributed by atoms with Gasteiger partial charge in [0, 0.05) is 17.1 Å². The van der Waals surface area contributed by atoms with E-state index in [0.717, 1.165) is 17.1 Å². The molecule has 0 saturated carbocycles. The van der Waals surface area contributed by atoms with Gasteiger partial charge in [-0.1, -0.05) is 212 Å². The Bertz CT molecular complexity index is 3090. The van der Waals surface area contributed by atoms with Crippen molar-refractivity contribution in [3.63, 3.8) is 0 Å². The number of rotatable bonds is 8. The Labute approximate surface area is 352 Å². The van der Waals surface area contributed by atoms with Crippen molar-refractivity contribution < 1.29 is 0 Å². The van der Waals surface area contributed by atoms with Crippen LogP contribution in [0.15, 0.2) is 249 Å².